The van der Waals surface area contributed by atoms with Crippen LogP contribution < -0.4 is 0 Å². The molecule has 0 aliphatic rings. The number of halogens is 2. The molecule has 1 nitrogen and oxygen atoms in total. The number of hydrogen-bond donors (Lipinski definition) is 1. The van der Waals surface area contributed by atoms with Gasteiger partial charge in [-0.2, -0.15) is 0 Å². The van der Waals surface area contributed by atoms with Gasteiger partial charge in [0, 0.05) is 5.02 Å². The van der Waals surface area contributed by atoms with Gasteiger partial charge < -0.3 is 5.11 Å². The Hall–Kier alpha value is -1.38. The molecule has 2 aromatic carbocycles. The second-order valence-corrected chi connectivity index (χ2v) is 4.53. The van der Waals surface area contributed by atoms with E-state index in [1.54, 1.807) is 43.3 Å². The topological polar surface area (TPSA) is 20.2 Å². The van der Waals surface area contributed by atoms with Crippen molar-refractivity contribution in [1.29, 1.82) is 0 Å². The highest BCUT2D eigenvalue weighted by molar-refractivity contribution is 6.30. The summed E-state index contributed by atoms with van der Waals surface area (Å²) < 4.78 is 13.1. The summed E-state index contributed by atoms with van der Waals surface area (Å²) in [5.74, 6) is -0.364. The number of rotatable bonds is 2. The number of hydrogen-bond acceptors (Lipinski definition) is 1. The average Bonchev–Trinajstić information content (AvgIpc) is 2.29. The monoisotopic (exact) mass is 250 g/mol. The second-order valence-electron chi connectivity index (χ2n) is 4.09. The Labute approximate surface area is 104 Å². The Morgan fingerprint density at radius 1 is 1.06 bits per heavy atom. The first-order valence-electron chi connectivity index (χ1n) is 5.24. The lowest BCUT2D eigenvalue weighted by Gasteiger charge is -2.24. The third-order valence-corrected chi connectivity index (χ3v) is 3.05. The molecule has 2 rings (SSSR count). The van der Waals surface area contributed by atoms with Gasteiger partial charge in [0.25, 0.3) is 0 Å². The first kappa shape index (κ1) is 12.1. The van der Waals surface area contributed by atoms with Crippen LogP contribution in [0.3, 0.4) is 0 Å². The van der Waals surface area contributed by atoms with Crippen LogP contribution in [0.1, 0.15) is 18.1 Å². The van der Waals surface area contributed by atoms with Crippen LogP contribution >= 0.6 is 11.6 Å². The summed E-state index contributed by atoms with van der Waals surface area (Å²) in [5, 5.41) is 11.1. The van der Waals surface area contributed by atoms with Gasteiger partial charge in [0.2, 0.25) is 0 Å². The summed E-state index contributed by atoms with van der Waals surface area (Å²) >= 11 is 5.79. The fourth-order valence-corrected chi connectivity index (χ4v) is 1.86. The summed E-state index contributed by atoms with van der Waals surface area (Å²) in [7, 11) is 0. The smallest absolute Gasteiger partial charge is 0.123 e. The van der Waals surface area contributed by atoms with Crippen molar-refractivity contribution in [3.8, 4) is 0 Å². The third kappa shape index (κ3) is 2.48. The maximum Gasteiger partial charge on any atom is 0.123 e. The molecule has 0 amide bonds. The second kappa shape index (κ2) is 4.47. The van der Waals surface area contributed by atoms with Crippen molar-refractivity contribution in [2.75, 3.05) is 0 Å². The zero-order chi connectivity index (χ0) is 12.5. The van der Waals surface area contributed by atoms with Crippen molar-refractivity contribution >= 4 is 11.6 Å². The zero-order valence-corrected chi connectivity index (χ0v) is 10.1. The van der Waals surface area contributed by atoms with Crippen LogP contribution in [0.5, 0.6) is 0 Å². The molecule has 0 fully saturated rings. The molecule has 0 heterocycles. The van der Waals surface area contributed by atoms with Crippen molar-refractivity contribution in [1.82, 2.24) is 0 Å². The minimum Gasteiger partial charge on any atom is -0.381 e. The predicted molar refractivity (Wildman–Crippen MR) is 66.5 cm³/mol. The molecule has 1 unspecified atom stereocenters. The number of benzene rings is 2. The summed E-state index contributed by atoms with van der Waals surface area (Å²) in [5.41, 5.74) is -0.0421. The maximum absolute atomic E-state index is 13.1. The van der Waals surface area contributed by atoms with Gasteiger partial charge in [0.1, 0.15) is 11.4 Å². The van der Waals surface area contributed by atoms with E-state index in [2.05, 4.69) is 0 Å². The summed E-state index contributed by atoms with van der Waals surface area (Å²) in [4.78, 5) is 0. The lowest BCUT2D eigenvalue weighted by atomic mass is 9.88. The Morgan fingerprint density at radius 2 is 1.71 bits per heavy atom. The van der Waals surface area contributed by atoms with Crippen LogP contribution in [0.25, 0.3) is 0 Å². The minimum atomic E-state index is -1.23. The fraction of sp³-hybridized carbons (Fsp3) is 0.143. The van der Waals surface area contributed by atoms with Gasteiger partial charge in [0.15, 0.2) is 0 Å². The Bertz CT molecular complexity index is 520. The molecule has 0 spiro atoms. The molecule has 17 heavy (non-hydrogen) atoms. The van der Waals surface area contributed by atoms with Gasteiger partial charge in [-0.3, -0.25) is 0 Å². The van der Waals surface area contributed by atoms with Crippen molar-refractivity contribution in [2.24, 2.45) is 0 Å². The number of aliphatic hydroxyl groups is 1. The predicted octanol–water partition coefficient (Wildman–Crippen LogP) is 3.73. The van der Waals surface area contributed by atoms with E-state index in [-0.39, 0.29) is 5.82 Å². The first-order chi connectivity index (χ1) is 8.00. The molecule has 3 heteroatoms. The van der Waals surface area contributed by atoms with Gasteiger partial charge in [-0.1, -0.05) is 35.9 Å². The highest BCUT2D eigenvalue weighted by Crippen LogP contribution is 2.30. The van der Waals surface area contributed by atoms with Gasteiger partial charge >= 0.3 is 0 Å². The Morgan fingerprint density at radius 3 is 2.29 bits per heavy atom. The van der Waals surface area contributed by atoms with E-state index in [9.17, 15) is 9.50 Å². The lowest BCUT2D eigenvalue weighted by Crippen LogP contribution is -2.22. The van der Waals surface area contributed by atoms with Gasteiger partial charge in [-0.05, 0) is 42.3 Å². The maximum atomic E-state index is 13.1. The molecule has 0 aromatic heterocycles. The molecule has 2 aromatic rings. The third-order valence-electron chi connectivity index (χ3n) is 2.79. The van der Waals surface area contributed by atoms with E-state index in [0.29, 0.717) is 16.1 Å². The molecule has 1 N–H and O–H groups in total. The highest BCUT2D eigenvalue weighted by atomic mass is 35.5. The van der Waals surface area contributed by atoms with E-state index in [4.69, 9.17) is 11.6 Å². The molecule has 0 aliphatic heterocycles. The summed E-state index contributed by atoms with van der Waals surface area (Å²) in [6, 6.07) is 12.8. The lowest BCUT2D eigenvalue weighted by molar-refractivity contribution is 0.102. The Kier molecular flexibility index (Phi) is 3.18. The normalized spacial score (nSPS) is 14.4. The van der Waals surface area contributed by atoms with Crippen LogP contribution in [0.2, 0.25) is 5.02 Å². The van der Waals surface area contributed by atoms with Crippen molar-refractivity contribution in [3.05, 3.63) is 70.5 Å². The summed E-state index contributed by atoms with van der Waals surface area (Å²) in [6.07, 6.45) is 0. The molecule has 1 atom stereocenters. The van der Waals surface area contributed by atoms with Crippen LogP contribution in [-0.2, 0) is 5.60 Å². The van der Waals surface area contributed by atoms with Crippen LogP contribution in [0.4, 0.5) is 4.39 Å². The molecular formula is C14H12ClFO. The van der Waals surface area contributed by atoms with Crippen molar-refractivity contribution in [2.45, 2.75) is 12.5 Å². The van der Waals surface area contributed by atoms with Crippen molar-refractivity contribution in [3.63, 3.8) is 0 Å². The molecule has 0 saturated carbocycles. The molecule has 0 bridgehead atoms. The van der Waals surface area contributed by atoms with Gasteiger partial charge in [-0.15, -0.1) is 0 Å². The van der Waals surface area contributed by atoms with E-state index in [1.165, 1.54) is 12.1 Å². The molecule has 0 saturated heterocycles. The average molecular weight is 251 g/mol. The van der Waals surface area contributed by atoms with E-state index < -0.39 is 5.60 Å². The molecule has 0 radical (unpaired) electrons. The zero-order valence-electron chi connectivity index (χ0n) is 9.32. The SMILES string of the molecule is CC(O)(c1ccc(Cl)cc1)c1cccc(F)c1. The molecular weight excluding hydrogens is 239 g/mol. The molecule has 0 aliphatic carbocycles. The van der Waals surface area contributed by atoms with E-state index in [1.807, 2.05) is 0 Å². The van der Waals surface area contributed by atoms with Crippen LogP contribution in [0.15, 0.2) is 48.5 Å². The quantitative estimate of drug-likeness (QED) is 0.861. The summed E-state index contributed by atoms with van der Waals surface area (Å²) in [6.45, 7) is 1.63. The van der Waals surface area contributed by atoms with Gasteiger partial charge in [0.05, 0.1) is 0 Å². The van der Waals surface area contributed by atoms with E-state index >= 15 is 0 Å². The largest absolute Gasteiger partial charge is 0.381 e. The van der Waals surface area contributed by atoms with Crippen LogP contribution in [-0.4, -0.2) is 5.11 Å². The van der Waals surface area contributed by atoms with Crippen LogP contribution in [0, 0.1) is 5.82 Å². The standard InChI is InChI=1S/C14H12ClFO/c1-14(17,10-5-7-12(15)8-6-10)11-3-2-4-13(16)9-11/h2-9,17H,1H3. The van der Waals surface area contributed by atoms with Gasteiger partial charge in [-0.25, -0.2) is 4.39 Å². The van der Waals surface area contributed by atoms with E-state index in [0.717, 1.165) is 0 Å². The minimum absolute atomic E-state index is 0.364. The van der Waals surface area contributed by atoms with Crippen molar-refractivity contribution < 1.29 is 9.50 Å². The first-order valence-corrected chi connectivity index (χ1v) is 5.62. The highest BCUT2D eigenvalue weighted by Gasteiger charge is 2.25. The fourth-order valence-electron chi connectivity index (χ4n) is 1.73. The Balaban J connectivity index is 2.45. The molecule has 88 valence electrons.